The highest BCUT2D eigenvalue weighted by Crippen LogP contribution is 2.43. The van der Waals surface area contributed by atoms with Crippen molar-refractivity contribution in [1.82, 2.24) is 0 Å². The van der Waals surface area contributed by atoms with Crippen molar-refractivity contribution in [2.75, 3.05) is 13.2 Å². The molecule has 2 aliphatic heterocycles. The van der Waals surface area contributed by atoms with Crippen LogP contribution in [0.5, 0.6) is 5.75 Å². The normalized spacial score (nSPS) is 20.3. The van der Waals surface area contributed by atoms with Gasteiger partial charge in [0.2, 0.25) is 0 Å². The van der Waals surface area contributed by atoms with Crippen LogP contribution in [-0.4, -0.2) is 30.9 Å². The first-order valence-corrected chi connectivity index (χ1v) is 9.97. The maximum atomic E-state index is 12.8. The van der Waals surface area contributed by atoms with Crippen molar-refractivity contribution >= 4 is 17.7 Å². The second kappa shape index (κ2) is 8.53. The average molecular weight is 405 g/mol. The third-order valence-corrected chi connectivity index (χ3v) is 5.28. The summed E-state index contributed by atoms with van der Waals surface area (Å²) in [7, 11) is 0. The summed E-state index contributed by atoms with van der Waals surface area (Å²) in [6, 6.07) is 17.3. The van der Waals surface area contributed by atoms with Crippen molar-refractivity contribution in [3.63, 3.8) is 0 Å². The fourth-order valence-electron chi connectivity index (χ4n) is 3.93. The number of esters is 2. The molecule has 0 aliphatic carbocycles. The van der Waals surface area contributed by atoms with Crippen LogP contribution < -0.4 is 4.74 Å². The predicted molar refractivity (Wildman–Crippen MR) is 111 cm³/mol. The Kier molecular flexibility index (Phi) is 5.65. The van der Waals surface area contributed by atoms with Crippen LogP contribution >= 0.6 is 0 Å². The number of hydrogen-bond donors (Lipinski definition) is 0. The SMILES string of the molecule is CCOC(=O)C1C(C)=NC2=C(C(=O)OC2)C1c1cccc(OCc2ccccc2)c1. The summed E-state index contributed by atoms with van der Waals surface area (Å²) in [6.45, 7) is 4.35. The van der Waals surface area contributed by atoms with Gasteiger partial charge in [-0.15, -0.1) is 0 Å². The molecule has 4 rings (SSSR count). The molecule has 0 saturated carbocycles. The lowest BCUT2D eigenvalue weighted by Gasteiger charge is -2.29. The zero-order chi connectivity index (χ0) is 21.1. The molecule has 0 N–H and O–H groups in total. The summed E-state index contributed by atoms with van der Waals surface area (Å²) in [6.07, 6.45) is 0. The molecular formula is C24H23NO5. The quantitative estimate of drug-likeness (QED) is 0.683. The summed E-state index contributed by atoms with van der Waals surface area (Å²) >= 11 is 0. The number of carbonyl (C=O) groups is 2. The van der Waals surface area contributed by atoms with Gasteiger partial charge in [-0.25, -0.2) is 4.79 Å². The molecule has 154 valence electrons. The van der Waals surface area contributed by atoms with Gasteiger partial charge in [0.1, 0.15) is 24.9 Å². The molecule has 0 bridgehead atoms. The molecule has 0 saturated heterocycles. The van der Waals surface area contributed by atoms with Gasteiger partial charge < -0.3 is 14.2 Å². The smallest absolute Gasteiger partial charge is 0.337 e. The van der Waals surface area contributed by atoms with Crippen LogP contribution in [0.25, 0.3) is 0 Å². The minimum absolute atomic E-state index is 0.127. The van der Waals surface area contributed by atoms with Crippen molar-refractivity contribution in [3.8, 4) is 5.75 Å². The number of hydrogen-bond acceptors (Lipinski definition) is 6. The minimum atomic E-state index is -0.682. The molecule has 30 heavy (non-hydrogen) atoms. The van der Waals surface area contributed by atoms with E-state index in [9.17, 15) is 9.59 Å². The number of cyclic esters (lactones) is 1. The van der Waals surface area contributed by atoms with E-state index in [-0.39, 0.29) is 13.2 Å². The summed E-state index contributed by atoms with van der Waals surface area (Å²) in [5.74, 6) is -1.38. The Hall–Kier alpha value is -3.41. The Labute approximate surface area is 175 Å². The van der Waals surface area contributed by atoms with Gasteiger partial charge in [-0.1, -0.05) is 42.5 Å². The molecule has 2 heterocycles. The van der Waals surface area contributed by atoms with E-state index < -0.39 is 23.8 Å². The number of nitrogens with zero attached hydrogens (tertiary/aromatic N) is 1. The number of aliphatic imine (C=N–C) groups is 1. The van der Waals surface area contributed by atoms with Gasteiger partial charge in [0.05, 0.1) is 17.9 Å². The zero-order valence-corrected chi connectivity index (χ0v) is 17.0. The third-order valence-electron chi connectivity index (χ3n) is 5.28. The molecule has 6 heteroatoms. The van der Waals surface area contributed by atoms with Crippen LogP contribution in [-0.2, 0) is 25.7 Å². The van der Waals surface area contributed by atoms with Crippen LogP contribution in [0.4, 0.5) is 0 Å². The highest BCUT2D eigenvalue weighted by Gasteiger charge is 2.45. The van der Waals surface area contributed by atoms with Crippen LogP contribution in [0, 0.1) is 5.92 Å². The zero-order valence-electron chi connectivity index (χ0n) is 17.0. The number of carbonyl (C=O) groups excluding carboxylic acids is 2. The van der Waals surface area contributed by atoms with Crippen LogP contribution in [0.15, 0.2) is 70.9 Å². The highest BCUT2D eigenvalue weighted by molar-refractivity contribution is 6.07. The van der Waals surface area contributed by atoms with Gasteiger partial charge in [0, 0.05) is 11.6 Å². The molecule has 0 aromatic heterocycles. The molecule has 0 amide bonds. The minimum Gasteiger partial charge on any atom is -0.489 e. The van der Waals surface area contributed by atoms with Gasteiger partial charge in [-0.05, 0) is 37.1 Å². The molecular weight excluding hydrogens is 382 g/mol. The first kappa shape index (κ1) is 19.9. The molecule has 0 fully saturated rings. The van der Waals surface area contributed by atoms with Crippen molar-refractivity contribution < 1.29 is 23.8 Å². The second-order valence-electron chi connectivity index (χ2n) is 7.24. The monoisotopic (exact) mass is 405 g/mol. The molecule has 0 spiro atoms. The second-order valence-corrected chi connectivity index (χ2v) is 7.24. The Bertz CT molecular complexity index is 1020. The lowest BCUT2D eigenvalue weighted by molar-refractivity contribution is -0.146. The van der Waals surface area contributed by atoms with Gasteiger partial charge in [0.25, 0.3) is 0 Å². The third kappa shape index (κ3) is 3.85. The largest absolute Gasteiger partial charge is 0.489 e. The van der Waals surface area contributed by atoms with E-state index in [4.69, 9.17) is 14.2 Å². The van der Waals surface area contributed by atoms with E-state index in [0.29, 0.717) is 29.3 Å². The molecule has 2 aliphatic rings. The van der Waals surface area contributed by atoms with Crippen LogP contribution in [0.2, 0.25) is 0 Å². The fraction of sp³-hybridized carbons (Fsp3) is 0.292. The molecule has 2 atom stereocenters. The summed E-state index contributed by atoms with van der Waals surface area (Å²) in [5, 5.41) is 0. The Morgan fingerprint density at radius 3 is 2.73 bits per heavy atom. The molecule has 2 aromatic carbocycles. The average Bonchev–Trinajstić information content (AvgIpc) is 3.12. The van der Waals surface area contributed by atoms with Crippen molar-refractivity contribution in [2.45, 2.75) is 26.4 Å². The molecule has 0 radical (unpaired) electrons. The van der Waals surface area contributed by atoms with E-state index in [1.165, 1.54) is 0 Å². The van der Waals surface area contributed by atoms with Crippen LogP contribution in [0.1, 0.15) is 30.9 Å². The standard InChI is InChI=1S/C24H23NO5/c1-3-28-23(26)20-15(2)25-19-14-30-24(27)22(19)21(20)17-10-7-11-18(12-17)29-13-16-8-5-4-6-9-16/h4-12,20-21H,3,13-14H2,1-2H3. The Morgan fingerprint density at radius 1 is 1.17 bits per heavy atom. The van der Waals surface area contributed by atoms with Gasteiger partial charge in [0.15, 0.2) is 0 Å². The van der Waals surface area contributed by atoms with Gasteiger partial charge in [-0.2, -0.15) is 0 Å². The van der Waals surface area contributed by atoms with Crippen molar-refractivity contribution in [1.29, 1.82) is 0 Å². The van der Waals surface area contributed by atoms with Crippen molar-refractivity contribution in [3.05, 3.63) is 77.0 Å². The Morgan fingerprint density at radius 2 is 1.97 bits per heavy atom. The van der Waals surface area contributed by atoms with Crippen LogP contribution in [0.3, 0.4) is 0 Å². The van der Waals surface area contributed by atoms with E-state index in [1.807, 2.05) is 54.6 Å². The summed E-state index contributed by atoms with van der Waals surface area (Å²) in [4.78, 5) is 29.7. The lowest BCUT2D eigenvalue weighted by Crippen LogP contribution is -2.35. The van der Waals surface area contributed by atoms with Gasteiger partial charge >= 0.3 is 11.9 Å². The molecule has 2 unspecified atom stereocenters. The predicted octanol–water partition coefficient (Wildman–Crippen LogP) is 3.81. The van der Waals surface area contributed by atoms with Gasteiger partial charge in [-0.3, -0.25) is 9.79 Å². The summed E-state index contributed by atoms with van der Waals surface area (Å²) < 4.78 is 16.5. The lowest BCUT2D eigenvalue weighted by atomic mass is 9.76. The van der Waals surface area contributed by atoms with E-state index in [0.717, 1.165) is 11.1 Å². The molecule has 2 aromatic rings. The molecule has 6 nitrogen and oxygen atoms in total. The topological polar surface area (TPSA) is 74.2 Å². The summed E-state index contributed by atoms with van der Waals surface area (Å²) in [5.41, 5.74) is 3.47. The highest BCUT2D eigenvalue weighted by atomic mass is 16.5. The number of rotatable bonds is 6. The van der Waals surface area contributed by atoms with E-state index in [2.05, 4.69) is 4.99 Å². The number of benzene rings is 2. The first-order chi connectivity index (χ1) is 14.6. The number of ether oxygens (including phenoxy) is 3. The first-order valence-electron chi connectivity index (χ1n) is 9.97. The van der Waals surface area contributed by atoms with E-state index in [1.54, 1.807) is 13.8 Å². The maximum absolute atomic E-state index is 12.8. The maximum Gasteiger partial charge on any atom is 0.337 e. The Balaban J connectivity index is 1.67. The van der Waals surface area contributed by atoms with E-state index >= 15 is 0 Å². The van der Waals surface area contributed by atoms with Crippen molar-refractivity contribution in [2.24, 2.45) is 10.9 Å². The fourth-order valence-corrected chi connectivity index (χ4v) is 3.93.